The molecule has 0 bridgehead atoms. The molecule has 0 saturated heterocycles. The first-order valence-corrected chi connectivity index (χ1v) is 5.94. The van der Waals surface area contributed by atoms with Crippen molar-refractivity contribution in [2.45, 2.75) is 13.0 Å². The lowest BCUT2D eigenvalue weighted by molar-refractivity contribution is 0.366. The molecule has 2 N–H and O–H groups in total. The Morgan fingerprint density at radius 1 is 1.16 bits per heavy atom. The van der Waals surface area contributed by atoms with Crippen LogP contribution in [-0.4, -0.2) is 10.1 Å². The third kappa shape index (κ3) is 2.15. The Bertz CT molecular complexity index is 673. The van der Waals surface area contributed by atoms with Gasteiger partial charge in [-0.25, -0.2) is 0 Å². The summed E-state index contributed by atoms with van der Waals surface area (Å²) in [5.41, 5.74) is 7.98. The number of rotatable bonds is 3. The molecule has 5 heteroatoms. The molecule has 3 aromatic rings. The largest absolute Gasteiger partial charge is 0.461 e. The van der Waals surface area contributed by atoms with Gasteiger partial charge in [0, 0.05) is 0 Å². The van der Waals surface area contributed by atoms with E-state index in [0.717, 1.165) is 11.1 Å². The van der Waals surface area contributed by atoms with E-state index in [4.69, 9.17) is 14.7 Å². The van der Waals surface area contributed by atoms with Gasteiger partial charge in [0.15, 0.2) is 5.76 Å². The number of hydrogen-bond donors (Lipinski definition) is 1. The van der Waals surface area contributed by atoms with Crippen LogP contribution in [0.3, 0.4) is 0 Å². The first-order valence-electron chi connectivity index (χ1n) is 5.94. The molecular formula is C14H13N3O2. The van der Waals surface area contributed by atoms with Crippen LogP contribution < -0.4 is 5.73 Å². The summed E-state index contributed by atoms with van der Waals surface area (Å²) >= 11 is 0. The third-order valence-corrected chi connectivity index (χ3v) is 2.93. The minimum absolute atomic E-state index is 0.372. The normalized spacial score (nSPS) is 12.5. The highest BCUT2D eigenvalue weighted by Crippen LogP contribution is 2.24. The average Bonchev–Trinajstić information content (AvgIpc) is 3.07. The average molecular weight is 255 g/mol. The summed E-state index contributed by atoms with van der Waals surface area (Å²) in [7, 11) is 0. The Labute approximate surface area is 110 Å². The summed E-state index contributed by atoms with van der Waals surface area (Å²) in [5, 5.41) is 3.91. The summed E-state index contributed by atoms with van der Waals surface area (Å²) in [6, 6.07) is 11.0. The number of aryl methyl sites for hydroxylation is 1. The number of nitrogens with zero attached hydrogens (tertiary/aromatic N) is 2. The molecule has 0 amide bonds. The van der Waals surface area contributed by atoms with E-state index in [2.05, 4.69) is 10.1 Å². The molecule has 2 heterocycles. The fourth-order valence-corrected chi connectivity index (χ4v) is 1.86. The topological polar surface area (TPSA) is 78.1 Å². The van der Waals surface area contributed by atoms with Gasteiger partial charge < -0.3 is 14.7 Å². The van der Waals surface area contributed by atoms with Crippen molar-refractivity contribution in [1.82, 2.24) is 10.1 Å². The Balaban J connectivity index is 1.92. The van der Waals surface area contributed by atoms with Crippen LogP contribution in [0.5, 0.6) is 0 Å². The lowest BCUT2D eigenvalue weighted by atomic mass is 10.1. The molecule has 0 unspecified atom stereocenters. The van der Waals surface area contributed by atoms with Crippen LogP contribution in [0.25, 0.3) is 11.6 Å². The second kappa shape index (κ2) is 4.70. The van der Waals surface area contributed by atoms with E-state index in [1.807, 2.05) is 43.3 Å². The van der Waals surface area contributed by atoms with E-state index in [-0.39, 0.29) is 0 Å². The molecular weight excluding hydrogens is 242 g/mol. The molecule has 0 aliphatic rings. The highest BCUT2D eigenvalue weighted by Gasteiger charge is 2.19. The Morgan fingerprint density at radius 3 is 2.63 bits per heavy atom. The van der Waals surface area contributed by atoms with Crippen LogP contribution in [0, 0.1) is 6.92 Å². The molecule has 1 aromatic carbocycles. The van der Waals surface area contributed by atoms with Gasteiger partial charge in [-0.15, -0.1) is 0 Å². The second-order valence-electron chi connectivity index (χ2n) is 4.28. The van der Waals surface area contributed by atoms with Gasteiger partial charge in [0.05, 0.1) is 6.26 Å². The van der Waals surface area contributed by atoms with Crippen LogP contribution in [-0.2, 0) is 0 Å². The number of benzene rings is 1. The smallest absolute Gasteiger partial charge is 0.248 e. The van der Waals surface area contributed by atoms with Crippen molar-refractivity contribution in [3.63, 3.8) is 0 Å². The van der Waals surface area contributed by atoms with Crippen LogP contribution in [0.1, 0.15) is 23.1 Å². The Hall–Kier alpha value is -2.40. The summed E-state index contributed by atoms with van der Waals surface area (Å²) < 4.78 is 10.5. The fraction of sp³-hybridized carbons (Fsp3) is 0.143. The van der Waals surface area contributed by atoms with Crippen molar-refractivity contribution in [3.8, 4) is 11.6 Å². The van der Waals surface area contributed by atoms with E-state index < -0.39 is 6.04 Å². The zero-order valence-corrected chi connectivity index (χ0v) is 10.4. The van der Waals surface area contributed by atoms with Gasteiger partial charge in [0.1, 0.15) is 6.04 Å². The van der Waals surface area contributed by atoms with Crippen molar-refractivity contribution in [3.05, 3.63) is 59.7 Å². The van der Waals surface area contributed by atoms with Gasteiger partial charge in [0.2, 0.25) is 11.7 Å². The van der Waals surface area contributed by atoms with E-state index in [1.54, 1.807) is 6.26 Å². The van der Waals surface area contributed by atoms with E-state index in [1.165, 1.54) is 0 Å². The molecule has 1 atom stereocenters. The molecule has 0 aliphatic carbocycles. The second-order valence-corrected chi connectivity index (χ2v) is 4.28. The summed E-state index contributed by atoms with van der Waals surface area (Å²) in [4.78, 5) is 4.29. The zero-order valence-electron chi connectivity index (χ0n) is 10.4. The Morgan fingerprint density at radius 2 is 1.95 bits per heavy atom. The molecule has 19 heavy (non-hydrogen) atoms. The molecule has 0 fully saturated rings. The quantitative estimate of drug-likeness (QED) is 0.778. The summed E-state index contributed by atoms with van der Waals surface area (Å²) in [5.74, 6) is 1.40. The van der Waals surface area contributed by atoms with Crippen molar-refractivity contribution in [1.29, 1.82) is 0 Å². The summed E-state index contributed by atoms with van der Waals surface area (Å²) in [6.45, 7) is 1.92. The van der Waals surface area contributed by atoms with Crippen molar-refractivity contribution in [2.75, 3.05) is 0 Å². The monoisotopic (exact) mass is 255 g/mol. The van der Waals surface area contributed by atoms with Gasteiger partial charge in [-0.05, 0) is 24.1 Å². The molecule has 0 saturated carbocycles. The number of aromatic nitrogens is 2. The van der Waals surface area contributed by atoms with Crippen molar-refractivity contribution in [2.24, 2.45) is 5.73 Å². The predicted molar refractivity (Wildman–Crippen MR) is 69.2 cm³/mol. The first-order chi connectivity index (χ1) is 9.25. The standard InChI is InChI=1S/C14H13N3O2/c1-9-7-8-18-12(9)13-16-14(19-17-13)11(15)10-5-3-2-4-6-10/h2-8,11H,15H2,1H3/t11-/m0/s1. The van der Waals surface area contributed by atoms with Crippen molar-refractivity contribution < 1.29 is 8.94 Å². The lowest BCUT2D eigenvalue weighted by Gasteiger charge is -2.05. The zero-order chi connectivity index (χ0) is 13.2. The van der Waals surface area contributed by atoms with Crippen LogP contribution in [0.15, 0.2) is 51.6 Å². The molecule has 96 valence electrons. The number of nitrogens with two attached hydrogens (primary N) is 1. The van der Waals surface area contributed by atoms with Gasteiger partial charge >= 0.3 is 0 Å². The van der Waals surface area contributed by atoms with Crippen LogP contribution in [0.2, 0.25) is 0 Å². The maximum absolute atomic E-state index is 6.09. The van der Waals surface area contributed by atoms with Gasteiger partial charge in [-0.3, -0.25) is 0 Å². The SMILES string of the molecule is Cc1ccoc1-c1noc([C@@H](N)c2ccccc2)n1. The maximum atomic E-state index is 6.09. The minimum Gasteiger partial charge on any atom is -0.461 e. The molecule has 0 radical (unpaired) electrons. The van der Waals surface area contributed by atoms with Crippen LogP contribution >= 0.6 is 0 Å². The minimum atomic E-state index is -0.433. The summed E-state index contributed by atoms with van der Waals surface area (Å²) in [6.07, 6.45) is 1.60. The molecule has 2 aromatic heterocycles. The highest BCUT2D eigenvalue weighted by atomic mass is 16.5. The lowest BCUT2D eigenvalue weighted by Crippen LogP contribution is -2.11. The van der Waals surface area contributed by atoms with Gasteiger partial charge in [-0.1, -0.05) is 35.5 Å². The highest BCUT2D eigenvalue weighted by molar-refractivity contribution is 5.51. The predicted octanol–water partition coefficient (Wildman–Crippen LogP) is 2.69. The molecule has 3 rings (SSSR count). The van der Waals surface area contributed by atoms with E-state index in [0.29, 0.717) is 17.5 Å². The molecule has 0 aliphatic heterocycles. The van der Waals surface area contributed by atoms with Gasteiger partial charge in [-0.2, -0.15) is 4.98 Å². The Kier molecular flexibility index (Phi) is 2.89. The fourth-order valence-electron chi connectivity index (χ4n) is 1.86. The van der Waals surface area contributed by atoms with Crippen LogP contribution in [0.4, 0.5) is 0 Å². The maximum Gasteiger partial charge on any atom is 0.248 e. The van der Waals surface area contributed by atoms with Crippen molar-refractivity contribution >= 4 is 0 Å². The van der Waals surface area contributed by atoms with Gasteiger partial charge in [0.25, 0.3) is 0 Å². The molecule has 0 spiro atoms. The number of furan rings is 1. The molecule has 5 nitrogen and oxygen atoms in total. The first kappa shape index (κ1) is 11.7. The van der Waals surface area contributed by atoms with E-state index in [9.17, 15) is 0 Å². The number of hydrogen-bond acceptors (Lipinski definition) is 5. The third-order valence-electron chi connectivity index (χ3n) is 2.93. The van der Waals surface area contributed by atoms with E-state index >= 15 is 0 Å².